The zero-order valence-corrected chi connectivity index (χ0v) is 14.4. The van der Waals surface area contributed by atoms with Crippen LogP contribution in [0.5, 0.6) is 0 Å². The Morgan fingerprint density at radius 3 is 2.58 bits per heavy atom. The maximum atomic E-state index is 13.0. The van der Waals surface area contributed by atoms with Gasteiger partial charge in [-0.3, -0.25) is 4.79 Å². The Labute approximate surface area is 152 Å². The van der Waals surface area contributed by atoms with Crippen LogP contribution in [-0.4, -0.2) is 45.6 Å². The maximum absolute atomic E-state index is 13.0. The third-order valence-corrected chi connectivity index (χ3v) is 4.52. The molecule has 1 amide bonds. The Morgan fingerprint density at radius 2 is 1.81 bits per heavy atom. The molecule has 2 aromatic carbocycles. The number of nitrogens with zero attached hydrogens (tertiary/aromatic N) is 4. The number of hydrogen-bond donors (Lipinski definition) is 0. The van der Waals surface area contributed by atoms with E-state index in [1.165, 1.54) is 0 Å². The monoisotopic (exact) mass is 348 g/mol. The quantitative estimate of drug-likeness (QED) is 0.727. The van der Waals surface area contributed by atoms with Crippen molar-refractivity contribution in [2.24, 2.45) is 0 Å². The SMILES string of the molecule is O=C(c1cn(Cc2ccccc2)nn1)N1CCOC[C@@H]1c1ccccc1. The van der Waals surface area contributed by atoms with Gasteiger partial charge in [-0.15, -0.1) is 5.10 Å². The second-order valence-electron chi connectivity index (χ2n) is 6.29. The first-order chi connectivity index (χ1) is 12.8. The molecule has 0 saturated carbocycles. The minimum atomic E-state index is -0.110. The molecule has 1 fully saturated rings. The van der Waals surface area contributed by atoms with Gasteiger partial charge in [-0.25, -0.2) is 4.68 Å². The van der Waals surface area contributed by atoms with Crippen LogP contribution in [0.25, 0.3) is 0 Å². The van der Waals surface area contributed by atoms with Crippen molar-refractivity contribution in [2.45, 2.75) is 12.6 Å². The summed E-state index contributed by atoms with van der Waals surface area (Å²) >= 11 is 0. The van der Waals surface area contributed by atoms with Crippen LogP contribution < -0.4 is 0 Å². The molecular weight excluding hydrogens is 328 g/mol. The van der Waals surface area contributed by atoms with Crippen LogP contribution in [0.4, 0.5) is 0 Å². The van der Waals surface area contributed by atoms with E-state index in [-0.39, 0.29) is 11.9 Å². The number of carbonyl (C=O) groups is 1. The molecule has 6 heteroatoms. The Morgan fingerprint density at radius 1 is 1.08 bits per heavy atom. The van der Waals surface area contributed by atoms with Gasteiger partial charge in [-0.2, -0.15) is 0 Å². The lowest BCUT2D eigenvalue weighted by atomic mass is 10.0. The summed E-state index contributed by atoms with van der Waals surface area (Å²) < 4.78 is 7.30. The fourth-order valence-electron chi connectivity index (χ4n) is 3.19. The zero-order chi connectivity index (χ0) is 17.8. The molecule has 0 N–H and O–H groups in total. The third-order valence-electron chi connectivity index (χ3n) is 4.52. The van der Waals surface area contributed by atoms with Crippen LogP contribution in [0.3, 0.4) is 0 Å². The molecule has 26 heavy (non-hydrogen) atoms. The minimum Gasteiger partial charge on any atom is -0.377 e. The van der Waals surface area contributed by atoms with E-state index < -0.39 is 0 Å². The van der Waals surface area contributed by atoms with Gasteiger partial charge >= 0.3 is 0 Å². The zero-order valence-electron chi connectivity index (χ0n) is 14.4. The molecule has 0 bridgehead atoms. The molecule has 0 aliphatic carbocycles. The van der Waals surface area contributed by atoms with Crippen molar-refractivity contribution in [1.29, 1.82) is 0 Å². The number of amides is 1. The summed E-state index contributed by atoms with van der Waals surface area (Å²) in [6, 6.07) is 19.8. The molecule has 0 radical (unpaired) electrons. The number of aromatic nitrogens is 3. The molecule has 0 spiro atoms. The lowest BCUT2D eigenvalue weighted by Gasteiger charge is -2.35. The molecule has 1 saturated heterocycles. The van der Waals surface area contributed by atoms with E-state index in [1.54, 1.807) is 10.9 Å². The van der Waals surface area contributed by atoms with Gasteiger partial charge in [0.05, 0.1) is 32.0 Å². The molecule has 132 valence electrons. The number of morpholine rings is 1. The summed E-state index contributed by atoms with van der Waals surface area (Å²) in [5, 5.41) is 8.21. The first kappa shape index (κ1) is 16.5. The van der Waals surface area contributed by atoms with Gasteiger partial charge in [-0.1, -0.05) is 65.9 Å². The summed E-state index contributed by atoms with van der Waals surface area (Å²) in [6.07, 6.45) is 1.72. The van der Waals surface area contributed by atoms with Gasteiger partial charge in [0.15, 0.2) is 5.69 Å². The Hall–Kier alpha value is -2.99. The maximum Gasteiger partial charge on any atom is 0.276 e. The van der Waals surface area contributed by atoms with E-state index in [1.807, 2.05) is 65.6 Å². The second-order valence-corrected chi connectivity index (χ2v) is 6.29. The van der Waals surface area contributed by atoms with Gasteiger partial charge < -0.3 is 9.64 Å². The van der Waals surface area contributed by atoms with Crippen molar-refractivity contribution in [3.63, 3.8) is 0 Å². The average molecular weight is 348 g/mol. The lowest BCUT2D eigenvalue weighted by molar-refractivity contribution is -0.00301. The van der Waals surface area contributed by atoms with Crippen LogP contribution in [0.15, 0.2) is 66.9 Å². The van der Waals surface area contributed by atoms with E-state index in [0.717, 1.165) is 11.1 Å². The number of hydrogen-bond acceptors (Lipinski definition) is 4. The van der Waals surface area contributed by atoms with Crippen LogP contribution >= 0.6 is 0 Å². The smallest absolute Gasteiger partial charge is 0.276 e. The predicted molar refractivity (Wildman–Crippen MR) is 96.6 cm³/mol. The molecular formula is C20H20N4O2. The lowest BCUT2D eigenvalue weighted by Crippen LogP contribution is -2.43. The molecule has 1 aliphatic heterocycles. The van der Waals surface area contributed by atoms with Gasteiger partial charge in [0, 0.05) is 6.54 Å². The van der Waals surface area contributed by atoms with Crippen molar-refractivity contribution in [3.8, 4) is 0 Å². The van der Waals surface area contributed by atoms with Gasteiger partial charge in [0.2, 0.25) is 0 Å². The molecule has 1 aliphatic rings. The molecule has 4 rings (SSSR count). The van der Waals surface area contributed by atoms with Crippen molar-refractivity contribution < 1.29 is 9.53 Å². The number of benzene rings is 2. The Bertz CT molecular complexity index is 864. The van der Waals surface area contributed by atoms with Crippen LogP contribution in [0.2, 0.25) is 0 Å². The molecule has 0 unspecified atom stereocenters. The van der Waals surface area contributed by atoms with Crippen LogP contribution in [-0.2, 0) is 11.3 Å². The fraction of sp³-hybridized carbons (Fsp3) is 0.250. The Kier molecular flexibility index (Phi) is 4.75. The average Bonchev–Trinajstić information content (AvgIpc) is 3.17. The van der Waals surface area contributed by atoms with Crippen LogP contribution in [0.1, 0.15) is 27.7 Å². The van der Waals surface area contributed by atoms with Gasteiger partial charge in [0.1, 0.15) is 0 Å². The Balaban J connectivity index is 1.53. The van der Waals surface area contributed by atoms with Crippen molar-refractivity contribution in [2.75, 3.05) is 19.8 Å². The predicted octanol–water partition coefficient (Wildman–Crippen LogP) is 2.54. The van der Waals surface area contributed by atoms with E-state index in [4.69, 9.17) is 4.74 Å². The highest BCUT2D eigenvalue weighted by Crippen LogP contribution is 2.25. The van der Waals surface area contributed by atoms with Crippen LogP contribution in [0, 0.1) is 0 Å². The number of rotatable bonds is 4. The summed E-state index contributed by atoms with van der Waals surface area (Å²) in [6.45, 7) is 2.16. The summed E-state index contributed by atoms with van der Waals surface area (Å²) in [5.41, 5.74) is 2.55. The molecule has 2 heterocycles. The minimum absolute atomic E-state index is 0.100. The first-order valence-electron chi connectivity index (χ1n) is 8.69. The highest BCUT2D eigenvalue weighted by atomic mass is 16.5. The van der Waals surface area contributed by atoms with Crippen molar-refractivity contribution in [3.05, 3.63) is 83.7 Å². The topological polar surface area (TPSA) is 60.2 Å². The molecule has 6 nitrogen and oxygen atoms in total. The molecule has 1 atom stereocenters. The number of carbonyl (C=O) groups excluding carboxylic acids is 1. The van der Waals surface area contributed by atoms with E-state index in [0.29, 0.717) is 32.0 Å². The fourth-order valence-corrected chi connectivity index (χ4v) is 3.19. The summed E-state index contributed by atoms with van der Waals surface area (Å²) in [7, 11) is 0. The van der Waals surface area contributed by atoms with Gasteiger partial charge in [0.25, 0.3) is 5.91 Å². The second kappa shape index (κ2) is 7.49. The molecule has 1 aromatic heterocycles. The highest BCUT2D eigenvalue weighted by Gasteiger charge is 2.30. The van der Waals surface area contributed by atoms with E-state index in [2.05, 4.69) is 10.3 Å². The summed E-state index contributed by atoms with van der Waals surface area (Å²) in [4.78, 5) is 14.8. The van der Waals surface area contributed by atoms with Gasteiger partial charge in [-0.05, 0) is 11.1 Å². The van der Waals surface area contributed by atoms with E-state index in [9.17, 15) is 4.79 Å². The molecule has 3 aromatic rings. The standard InChI is InChI=1S/C20H20N4O2/c25-20(18-14-23(22-21-18)13-16-7-3-1-4-8-16)24-11-12-26-15-19(24)17-9-5-2-6-10-17/h1-10,14,19H,11-13,15H2/t19-/m1/s1. The van der Waals surface area contributed by atoms with Crippen molar-refractivity contribution >= 4 is 5.91 Å². The normalized spacial score (nSPS) is 17.2. The summed E-state index contributed by atoms with van der Waals surface area (Å²) in [5.74, 6) is -0.110. The first-order valence-corrected chi connectivity index (χ1v) is 8.69. The highest BCUT2D eigenvalue weighted by molar-refractivity contribution is 5.92. The van der Waals surface area contributed by atoms with E-state index >= 15 is 0 Å². The third kappa shape index (κ3) is 3.50. The number of ether oxygens (including phenoxy) is 1. The van der Waals surface area contributed by atoms with Crippen molar-refractivity contribution in [1.82, 2.24) is 19.9 Å². The largest absolute Gasteiger partial charge is 0.377 e.